The molecule has 0 amide bonds. The van der Waals surface area contributed by atoms with E-state index in [1.54, 1.807) is 10.7 Å². The van der Waals surface area contributed by atoms with Crippen LogP contribution in [0.1, 0.15) is 9.67 Å². The number of benzene rings is 1. The zero-order chi connectivity index (χ0) is 14.1. The standard InChI is InChI=1S/C15H12N2O2S/c1-17-14(11-7-13(15(18)19)20-9-11)12(8-16-17)10-5-3-2-4-6-10/h2-9H,1H3,(H,18,19). The molecule has 20 heavy (non-hydrogen) atoms. The maximum absolute atomic E-state index is 11.0. The second-order valence-corrected chi connectivity index (χ2v) is 5.31. The third-order valence-electron chi connectivity index (χ3n) is 3.11. The van der Waals surface area contributed by atoms with E-state index in [1.165, 1.54) is 11.3 Å². The van der Waals surface area contributed by atoms with Gasteiger partial charge < -0.3 is 5.11 Å². The normalized spacial score (nSPS) is 10.7. The van der Waals surface area contributed by atoms with Gasteiger partial charge in [-0.15, -0.1) is 11.3 Å². The fraction of sp³-hybridized carbons (Fsp3) is 0.0667. The molecule has 0 bridgehead atoms. The molecule has 0 spiro atoms. The molecule has 4 nitrogen and oxygen atoms in total. The fourth-order valence-electron chi connectivity index (χ4n) is 2.18. The van der Waals surface area contributed by atoms with Crippen LogP contribution in [0, 0.1) is 0 Å². The summed E-state index contributed by atoms with van der Waals surface area (Å²) in [6.45, 7) is 0. The van der Waals surface area contributed by atoms with Gasteiger partial charge in [-0.2, -0.15) is 5.10 Å². The van der Waals surface area contributed by atoms with Crippen LogP contribution < -0.4 is 0 Å². The average molecular weight is 284 g/mol. The lowest BCUT2D eigenvalue weighted by Crippen LogP contribution is -1.94. The molecule has 0 fully saturated rings. The average Bonchev–Trinajstić information content (AvgIpc) is 3.06. The number of hydrogen-bond donors (Lipinski definition) is 1. The smallest absolute Gasteiger partial charge is 0.345 e. The van der Waals surface area contributed by atoms with Crippen molar-refractivity contribution in [3.05, 3.63) is 52.9 Å². The van der Waals surface area contributed by atoms with Crippen LogP contribution in [-0.2, 0) is 7.05 Å². The van der Waals surface area contributed by atoms with Crippen molar-refractivity contribution in [3.8, 4) is 22.4 Å². The van der Waals surface area contributed by atoms with E-state index in [-0.39, 0.29) is 0 Å². The minimum Gasteiger partial charge on any atom is -0.477 e. The molecule has 0 radical (unpaired) electrons. The molecular formula is C15H12N2O2S. The molecule has 1 N–H and O–H groups in total. The SMILES string of the molecule is Cn1ncc(-c2ccccc2)c1-c1csc(C(=O)O)c1. The number of aromatic nitrogens is 2. The lowest BCUT2D eigenvalue weighted by molar-refractivity contribution is 0.0702. The van der Waals surface area contributed by atoms with Gasteiger partial charge in [-0.05, 0) is 11.6 Å². The molecule has 5 heteroatoms. The minimum atomic E-state index is -0.898. The maximum atomic E-state index is 11.0. The summed E-state index contributed by atoms with van der Waals surface area (Å²) in [5.74, 6) is -0.898. The fourth-order valence-corrected chi connectivity index (χ4v) is 2.91. The third kappa shape index (κ3) is 2.12. The van der Waals surface area contributed by atoms with Crippen molar-refractivity contribution in [3.63, 3.8) is 0 Å². The van der Waals surface area contributed by atoms with Gasteiger partial charge in [-0.25, -0.2) is 4.79 Å². The Morgan fingerprint density at radius 2 is 2.00 bits per heavy atom. The van der Waals surface area contributed by atoms with E-state index in [4.69, 9.17) is 5.11 Å². The quantitative estimate of drug-likeness (QED) is 0.800. The summed E-state index contributed by atoms with van der Waals surface area (Å²) < 4.78 is 1.77. The first-order valence-electron chi connectivity index (χ1n) is 6.06. The molecule has 2 aromatic heterocycles. The van der Waals surface area contributed by atoms with Gasteiger partial charge in [0.05, 0.1) is 11.9 Å². The van der Waals surface area contributed by atoms with Crippen LogP contribution in [0.5, 0.6) is 0 Å². The van der Waals surface area contributed by atoms with Crippen LogP contribution in [0.15, 0.2) is 48.0 Å². The monoisotopic (exact) mass is 284 g/mol. The highest BCUT2D eigenvalue weighted by atomic mass is 32.1. The summed E-state index contributed by atoms with van der Waals surface area (Å²) in [6.07, 6.45) is 1.81. The maximum Gasteiger partial charge on any atom is 0.345 e. The van der Waals surface area contributed by atoms with Crippen molar-refractivity contribution in [1.82, 2.24) is 9.78 Å². The summed E-state index contributed by atoms with van der Waals surface area (Å²) in [5, 5.41) is 15.2. The molecule has 0 saturated carbocycles. The van der Waals surface area contributed by atoms with Gasteiger partial charge in [0.2, 0.25) is 0 Å². The van der Waals surface area contributed by atoms with Crippen LogP contribution in [0.3, 0.4) is 0 Å². The first-order valence-corrected chi connectivity index (χ1v) is 6.94. The van der Waals surface area contributed by atoms with E-state index in [2.05, 4.69) is 5.10 Å². The highest BCUT2D eigenvalue weighted by Gasteiger charge is 2.16. The van der Waals surface area contributed by atoms with Gasteiger partial charge >= 0.3 is 5.97 Å². The van der Waals surface area contributed by atoms with Crippen LogP contribution >= 0.6 is 11.3 Å². The number of nitrogens with zero attached hydrogens (tertiary/aromatic N) is 2. The molecule has 3 rings (SSSR count). The zero-order valence-electron chi connectivity index (χ0n) is 10.8. The first kappa shape index (κ1) is 12.6. The Hall–Kier alpha value is -2.40. The van der Waals surface area contributed by atoms with Crippen molar-refractivity contribution in [1.29, 1.82) is 0 Å². The van der Waals surface area contributed by atoms with Gasteiger partial charge in [-0.1, -0.05) is 30.3 Å². The molecule has 0 aliphatic carbocycles. The lowest BCUT2D eigenvalue weighted by atomic mass is 10.0. The van der Waals surface area contributed by atoms with Gasteiger partial charge in [0.25, 0.3) is 0 Å². The number of aromatic carboxylic acids is 1. The number of aryl methyl sites for hydroxylation is 1. The summed E-state index contributed by atoms with van der Waals surface area (Å²) in [4.78, 5) is 11.3. The van der Waals surface area contributed by atoms with Gasteiger partial charge in [0, 0.05) is 23.6 Å². The van der Waals surface area contributed by atoms with Gasteiger partial charge in [-0.3, -0.25) is 4.68 Å². The zero-order valence-corrected chi connectivity index (χ0v) is 11.6. The summed E-state index contributed by atoms with van der Waals surface area (Å²) in [5.41, 5.74) is 3.88. The molecule has 2 heterocycles. The molecule has 100 valence electrons. The van der Waals surface area contributed by atoms with E-state index >= 15 is 0 Å². The van der Waals surface area contributed by atoms with Crippen molar-refractivity contribution in [2.75, 3.05) is 0 Å². The summed E-state index contributed by atoms with van der Waals surface area (Å²) >= 11 is 1.23. The second-order valence-electron chi connectivity index (χ2n) is 4.40. The van der Waals surface area contributed by atoms with Crippen molar-refractivity contribution >= 4 is 17.3 Å². The Bertz CT molecular complexity index is 759. The topological polar surface area (TPSA) is 55.1 Å². The lowest BCUT2D eigenvalue weighted by Gasteiger charge is -2.04. The summed E-state index contributed by atoms with van der Waals surface area (Å²) in [7, 11) is 1.86. The molecule has 3 aromatic rings. The highest BCUT2D eigenvalue weighted by Crippen LogP contribution is 2.33. The molecule has 1 aromatic carbocycles. The number of carbonyl (C=O) groups is 1. The molecular weight excluding hydrogens is 272 g/mol. The number of thiophene rings is 1. The molecule has 0 aliphatic heterocycles. The largest absolute Gasteiger partial charge is 0.477 e. The Labute approximate surface area is 119 Å². The van der Waals surface area contributed by atoms with Crippen molar-refractivity contribution in [2.45, 2.75) is 0 Å². The Morgan fingerprint density at radius 3 is 2.65 bits per heavy atom. The minimum absolute atomic E-state index is 0.334. The van der Waals surface area contributed by atoms with Crippen LogP contribution in [0.4, 0.5) is 0 Å². The second kappa shape index (κ2) is 4.94. The van der Waals surface area contributed by atoms with Crippen molar-refractivity contribution in [2.24, 2.45) is 7.05 Å². The number of carboxylic acid groups (broad SMARTS) is 1. The van der Waals surface area contributed by atoms with E-state index < -0.39 is 5.97 Å². The molecule has 0 unspecified atom stereocenters. The van der Waals surface area contributed by atoms with E-state index in [1.807, 2.05) is 49.0 Å². The predicted molar refractivity (Wildman–Crippen MR) is 78.9 cm³/mol. The highest BCUT2D eigenvalue weighted by molar-refractivity contribution is 7.12. The predicted octanol–water partition coefficient (Wildman–Crippen LogP) is 3.51. The van der Waals surface area contributed by atoms with E-state index in [9.17, 15) is 4.79 Å². The summed E-state index contributed by atoms with van der Waals surface area (Å²) in [6, 6.07) is 11.6. The Balaban J connectivity index is 2.14. The number of rotatable bonds is 3. The van der Waals surface area contributed by atoms with Crippen LogP contribution in [-0.4, -0.2) is 20.9 Å². The number of hydrogen-bond acceptors (Lipinski definition) is 3. The first-order chi connectivity index (χ1) is 9.66. The van der Waals surface area contributed by atoms with E-state index in [0.717, 1.165) is 22.4 Å². The molecule has 0 aliphatic rings. The van der Waals surface area contributed by atoms with Gasteiger partial charge in [0.15, 0.2) is 0 Å². The van der Waals surface area contributed by atoms with Crippen LogP contribution in [0.2, 0.25) is 0 Å². The Kier molecular flexibility index (Phi) is 3.12. The number of carboxylic acids is 1. The Morgan fingerprint density at radius 1 is 1.25 bits per heavy atom. The van der Waals surface area contributed by atoms with Crippen LogP contribution in [0.25, 0.3) is 22.4 Å². The third-order valence-corrected chi connectivity index (χ3v) is 4.03. The van der Waals surface area contributed by atoms with Crippen molar-refractivity contribution < 1.29 is 9.90 Å². The van der Waals surface area contributed by atoms with Gasteiger partial charge in [0.1, 0.15) is 4.88 Å². The molecule has 0 atom stereocenters. The van der Waals surface area contributed by atoms with E-state index in [0.29, 0.717) is 4.88 Å². The molecule has 0 saturated heterocycles.